The van der Waals surface area contributed by atoms with Crippen LogP contribution in [-0.2, 0) is 9.53 Å². The molecule has 27 heavy (non-hydrogen) atoms. The minimum absolute atomic E-state index is 0.0768. The summed E-state index contributed by atoms with van der Waals surface area (Å²) in [5.41, 5.74) is 2.70. The zero-order valence-electron chi connectivity index (χ0n) is 15.4. The number of nitrogens with zero attached hydrogens (tertiary/aromatic N) is 2. The van der Waals surface area contributed by atoms with Crippen molar-refractivity contribution >= 4 is 23.6 Å². The number of carbonyl (C=O) groups is 1. The van der Waals surface area contributed by atoms with Gasteiger partial charge in [0.2, 0.25) is 5.91 Å². The minimum atomic E-state index is -0.0768. The molecule has 1 fully saturated rings. The minimum Gasteiger partial charge on any atom is -0.379 e. The van der Waals surface area contributed by atoms with Gasteiger partial charge < -0.3 is 10.1 Å². The van der Waals surface area contributed by atoms with E-state index in [0.29, 0.717) is 30.4 Å². The van der Waals surface area contributed by atoms with Crippen LogP contribution in [0.4, 0.5) is 0 Å². The summed E-state index contributed by atoms with van der Waals surface area (Å²) in [6, 6.07) is 11.5. The molecule has 1 aliphatic rings. The van der Waals surface area contributed by atoms with Crippen LogP contribution in [0.2, 0.25) is 5.02 Å². The molecular weight excluding hydrogens is 362 g/mol. The fourth-order valence-corrected chi connectivity index (χ4v) is 3.25. The van der Waals surface area contributed by atoms with Crippen LogP contribution in [0.15, 0.2) is 54.4 Å². The van der Waals surface area contributed by atoms with Gasteiger partial charge in [0.15, 0.2) is 0 Å². The van der Waals surface area contributed by atoms with Crippen LogP contribution in [0.1, 0.15) is 24.1 Å². The Bertz CT molecular complexity index is 772. The first-order valence-electron chi connectivity index (χ1n) is 9.07. The molecule has 2 aromatic rings. The fourth-order valence-electron chi connectivity index (χ4n) is 3.12. The second-order valence-electron chi connectivity index (χ2n) is 6.54. The Kier molecular flexibility index (Phi) is 6.98. The molecule has 0 radical (unpaired) electrons. The van der Waals surface area contributed by atoms with Crippen molar-refractivity contribution in [2.24, 2.45) is 0 Å². The third-order valence-corrected chi connectivity index (χ3v) is 4.87. The summed E-state index contributed by atoms with van der Waals surface area (Å²) in [4.78, 5) is 19.1. The van der Waals surface area contributed by atoms with E-state index in [4.69, 9.17) is 16.3 Å². The van der Waals surface area contributed by atoms with Crippen LogP contribution < -0.4 is 5.32 Å². The molecule has 5 nitrogen and oxygen atoms in total. The maximum atomic E-state index is 12.6. The molecule has 2 heterocycles. The van der Waals surface area contributed by atoms with Crippen molar-refractivity contribution in [3.8, 4) is 0 Å². The molecule has 1 aromatic carbocycles. The number of rotatable bonds is 6. The number of hydrogen-bond acceptors (Lipinski definition) is 4. The van der Waals surface area contributed by atoms with Crippen molar-refractivity contribution in [3.63, 3.8) is 0 Å². The molecule has 1 aliphatic heterocycles. The van der Waals surface area contributed by atoms with Gasteiger partial charge in [0.1, 0.15) is 0 Å². The summed E-state index contributed by atoms with van der Waals surface area (Å²) in [5.74, 6) is -0.0768. The van der Waals surface area contributed by atoms with Gasteiger partial charge >= 0.3 is 0 Å². The van der Waals surface area contributed by atoms with E-state index in [-0.39, 0.29) is 11.9 Å². The number of halogens is 1. The van der Waals surface area contributed by atoms with E-state index in [0.717, 1.165) is 24.2 Å². The Morgan fingerprint density at radius 3 is 2.70 bits per heavy atom. The SMILES string of the molecule is C/C(=C\c1ccc(Cl)cc1)C(=O)NCC(c1cccnc1)N1CCOCC1. The van der Waals surface area contributed by atoms with Gasteiger partial charge in [-0.3, -0.25) is 14.7 Å². The first kappa shape index (κ1) is 19.5. The molecular formula is C21H24ClN3O2. The Balaban J connectivity index is 1.67. The molecule has 0 bridgehead atoms. The molecule has 1 unspecified atom stereocenters. The number of nitrogens with one attached hydrogen (secondary N) is 1. The predicted molar refractivity (Wildman–Crippen MR) is 107 cm³/mol. The third kappa shape index (κ3) is 5.63. The topological polar surface area (TPSA) is 54.5 Å². The molecule has 1 aromatic heterocycles. The molecule has 1 atom stereocenters. The predicted octanol–water partition coefficient (Wildman–Crippen LogP) is 3.33. The van der Waals surface area contributed by atoms with Gasteiger partial charge in [-0.2, -0.15) is 0 Å². The van der Waals surface area contributed by atoms with Crippen LogP contribution in [0.3, 0.4) is 0 Å². The molecule has 0 spiro atoms. The Labute approximate surface area is 165 Å². The average molecular weight is 386 g/mol. The zero-order chi connectivity index (χ0) is 19.1. The molecule has 142 valence electrons. The largest absolute Gasteiger partial charge is 0.379 e. The first-order chi connectivity index (χ1) is 13.1. The van der Waals surface area contributed by atoms with Gasteiger partial charge in [0, 0.05) is 42.6 Å². The van der Waals surface area contributed by atoms with Gasteiger partial charge in [0.25, 0.3) is 0 Å². The van der Waals surface area contributed by atoms with E-state index < -0.39 is 0 Å². The number of ether oxygens (including phenoxy) is 1. The van der Waals surface area contributed by atoms with Crippen LogP contribution in [-0.4, -0.2) is 48.6 Å². The summed E-state index contributed by atoms with van der Waals surface area (Å²) < 4.78 is 5.46. The van der Waals surface area contributed by atoms with Crippen LogP contribution in [0.5, 0.6) is 0 Å². The number of benzene rings is 1. The summed E-state index contributed by atoms with van der Waals surface area (Å²) in [7, 11) is 0. The highest BCUT2D eigenvalue weighted by atomic mass is 35.5. The average Bonchev–Trinajstić information content (AvgIpc) is 2.71. The summed E-state index contributed by atoms with van der Waals surface area (Å²) >= 11 is 5.91. The van der Waals surface area contributed by atoms with E-state index in [9.17, 15) is 4.79 Å². The van der Waals surface area contributed by atoms with Crippen molar-refractivity contribution in [2.75, 3.05) is 32.8 Å². The van der Waals surface area contributed by atoms with Gasteiger partial charge in [-0.15, -0.1) is 0 Å². The Hall–Kier alpha value is -2.21. The molecule has 6 heteroatoms. The molecule has 1 saturated heterocycles. The third-order valence-electron chi connectivity index (χ3n) is 4.62. The van der Waals surface area contributed by atoms with Crippen molar-refractivity contribution in [3.05, 3.63) is 70.5 Å². The number of pyridine rings is 1. The van der Waals surface area contributed by atoms with Crippen LogP contribution in [0.25, 0.3) is 6.08 Å². The highest BCUT2D eigenvalue weighted by Crippen LogP contribution is 2.20. The quantitative estimate of drug-likeness (QED) is 0.775. The lowest BCUT2D eigenvalue weighted by Gasteiger charge is -2.34. The van der Waals surface area contributed by atoms with Crippen molar-refractivity contribution in [1.82, 2.24) is 15.2 Å². The lowest BCUT2D eigenvalue weighted by molar-refractivity contribution is -0.117. The van der Waals surface area contributed by atoms with Crippen molar-refractivity contribution in [2.45, 2.75) is 13.0 Å². The lowest BCUT2D eigenvalue weighted by Crippen LogP contribution is -2.44. The summed E-state index contributed by atoms with van der Waals surface area (Å²) in [6.07, 6.45) is 5.49. The molecule has 1 N–H and O–H groups in total. The molecule has 3 rings (SSSR count). The Morgan fingerprint density at radius 2 is 2.04 bits per heavy atom. The molecule has 0 aliphatic carbocycles. The van der Waals surface area contributed by atoms with Crippen molar-refractivity contribution < 1.29 is 9.53 Å². The Morgan fingerprint density at radius 1 is 1.30 bits per heavy atom. The molecule has 1 amide bonds. The van der Waals surface area contributed by atoms with Crippen molar-refractivity contribution in [1.29, 1.82) is 0 Å². The van der Waals surface area contributed by atoms with E-state index in [1.807, 2.05) is 49.5 Å². The number of hydrogen-bond donors (Lipinski definition) is 1. The first-order valence-corrected chi connectivity index (χ1v) is 9.45. The maximum absolute atomic E-state index is 12.6. The van der Waals surface area contributed by atoms with Crippen LogP contribution in [0, 0.1) is 0 Å². The highest BCUT2D eigenvalue weighted by molar-refractivity contribution is 6.30. The smallest absolute Gasteiger partial charge is 0.247 e. The van der Waals surface area contributed by atoms with E-state index in [1.54, 1.807) is 6.20 Å². The molecule has 0 saturated carbocycles. The normalized spacial score (nSPS) is 16.7. The van der Waals surface area contributed by atoms with Crippen LogP contribution >= 0.6 is 11.6 Å². The standard InChI is InChI=1S/C21H24ClN3O2/c1-16(13-17-4-6-19(22)7-5-17)21(26)24-15-20(18-3-2-8-23-14-18)25-9-11-27-12-10-25/h2-8,13-14,20H,9-12,15H2,1H3,(H,24,26)/b16-13+. The number of morpholine rings is 1. The van der Waals surface area contributed by atoms with Gasteiger partial charge in [-0.05, 0) is 42.3 Å². The van der Waals surface area contributed by atoms with E-state index >= 15 is 0 Å². The number of aromatic nitrogens is 1. The van der Waals surface area contributed by atoms with Gasteiger partial charge in [0.05, 0.1) is 19.3 Å². The second-order valence-corrected chi connectivity index (χ2v) is 6.98. The monoisotopic (exact) mass is 385 g/mol. The summed E-state index contributed by atoms with van der Waals surface area (Å²) in [5, 5.41) is 3.75. The number of amides is 1. The van der Waals surface area contributed by atoms with Gasteiger partial charge in [-0.25, -0.2) is 0 Å². The summed E-state index contributed by atoms with van der Waals surface area (Å²) in [6.45, 7) is 5.44. The van der Waals surface area contributed by atoms with Gasteiger partial charge in [-0.1, -0.05) is 29.8 Å². The number of carbonyl (C=O) groups excluding carboxylic acids is 1. The lowest BCUT2D eigenvalue weighted by atomic mass is 10.1. The maximum Gasteiger partial charge on any atom is 0.247 e. The second kappa shape index (κ2) is 9.65. The van der Waals surface area contributed by atoms with E-state index in [2.05, 4.69) is 21.3 Å². The fraction of sp³-hybridized carbons (Fsp3) is 0.333. The zero-order valence-corrected chi connectivity index (χ0v) is 16.2. The van der Waals surface area contributed by atoms with E-state index in [1.165, 1.54) is 0 Å². The highest BCUT2D eigenvalue weighted by Gasteiger charge is 2.23.